The van der Waals surface area contributed by atoms with Crippen LogP contribution in [0.3, 0.4) is 0 Å². The third-order valence-corrected chi connectivity index (χ3v) is 3.24. The Hall–Kier alpha value is 0.250. The average molecular weight is 220 g/mol. The lowest BCUT2D eigenvalue weighted by molar-refractivity contribution is 0.170. The minimum atomic E-state index is 0.725. The van der Waals surface area contributed by atoms with Crippen LogP contribution in [0.4, 0.5) is 0 Å². The van der Waals surface area contributed by atoms with Crippen LogP contribution in [0.25, 0.3) is 0 Å². The normalized spacial score (nSPS) is 13.9. The summed E-state index contributed by atoms with van der Waals surface area (Å²) >= 11 is 5.84. The number of rotatable bonds is 8. The Labute approximate surface area is 94.8 Å². The lowest BCUT2D eigenvalue weighted by Crippen LogP contribution is -2.38. The third kappa shape index (κ3) is 5.21. The monoisotopic (exact) mass is 219 g/mol. The summed E-state index contributed by atoms with van der Waals surface area (Å²) in [6.07, 6.45) is 3.74. The van der Waals surface area contributed by atoms with Crippen LogP contribution in [-0.4, -0.2) is 29.9 Å². The first kappa shape index (κ1) is 14.2. The zero-order valence-corrected chi connectivity index (χ0v) is 11.0. The number of hydrogen-bond donors (Lipinski definition) is 0. The van der Waals surface area contributed by atoms with Gasteiger partial charge in [-0.1, -0.05) is 34.1 Å². The summed E-state index contributed by atoms with van der Waals surface area (Å²) < 4.78 is 0. The molecule has 2 heteroatoms. The molecule has 1 nitrogen and oxygen atoms in total. The Kier molecular flexibility index (Phi) is 8.70. The molecule has 0 aromatic carbocycles. The highest BCUT2D eigenvalue weighted by Gasteiger charge is 2.16. The summed E-state index contributed by atoms with van der Waals surface area (Å²) in [4.78, 5) is 2.56. The molecule has 0 N–H and O–H groups in total. The van der Waals surface area contributed by atoms with E-state index in [2.05, 4.69) is 32.6 Å². The Morgan fingerprint density at radius 2 is 1.64 bits per heavy atom. The second-order valence-electron chi connectivity index (χ2n) is 4.17. The van der Waals surface area contributed by atoms with Gasteiger partial charge in [0, 0.05) is 25.0 Å². The van der Waals surface area contributed by atoms with Crippen molar-refractivity contribution in [1.29, 1.82) is 0 Å². The predicted molar refractivity (Wildman–Crippen MR) is 66.1 cm³/mol. The molecule has 0 fully saturated rings. The van der Waals surface area contributed by atoms with E-state index in [-0.39, 0.29) is 0 Å². The van der Waals surface area contributed by atoms with E-state index in [1.165, 1.54) is 25.8 Å². The van der Waals surface area contributed by atoms with Gasteiger partial charge in [0.05, 0.1) is 0 Å². The van der Waals surface area contributed by atoms with Crippen LogP contribution in [0.1, 0.15) is 47.0 Å². The Balaban J connectivity index is 4.10. The summed E-state index contributed by atoms with van der Waals surface area (Å²) in [5, 5.41) is 0. The molecule has 0 aliphatic carbocycles. The maximum atomic E-state index is 5.84. The molecule has 86 valence electrons. The average Bonchev–Trinajstić information content (AvgIpc) is 2.19. The lowest BCUT2D eigenvalue weighted by Gasteiger charge is -2.31. The van der Waals surface area contributed by atoms with Crippen molar-refractivity contribution in [3.05, 3.63) is 0 Å². The van der Waals surface area contributed by atoms with E-state index in [0.717, 1.165) is 24.4 Å². The van der Waals surface area contributed by atoms with Gasteiger partial charge in [0.1, 0.15) is 0 Å². The summed E-state index contributed by atoms with van der Waals surface area (Å²) in [6.45, 7) is 11.4. The second kappa shape index (κ2) is 8.55. The minimum Gasteiger partial charge on any atom is -0.299 e. The number of alkyl halides is 1. The van der Waals surface area contributed by atoms with Crippen LogP contribution in [-0.2, 0) is 0 Å². The summed E-state index contributed by atoms with van der Waals surface area (Å²) in [6, 6.07) is 0.725. The van der Waals surface area contributed by atoms with Gasteiger partial charge in [0.2, 0.25) is 0 Å². The first-order valence-electron chi connectivity index (χ1n) is 5.99. The van der Waals surface area contributed by atoms with Crippen LogP contribution >= 0.6 is 11.6 Å². The molecule has 0 aromatic rings. The largest absolute Gasteiger partial charge is 0.299 e. The van der Waals surface area contributed by atoms with Gasteiger partial charge in [0.15, 0.2) is 0 Å². The minimum absolute atomic E-state index is 0.725. The SMILES string of the molecule is CCC(C)CN(CCCl)C(CC)CC. The van der Waals surface area contributed by atoms with E-state index in [1.807, 2.05) is 0 Å². The van der Waals surface area contributed by atoms with Crippen LogP contribution in [0.5, 0.6) is 0 Å². The molecule has 0 saturated carbocycles. The number of hydrogen-bond acceptors (Lipinski definition) is 1. The molecule has 0 rings (SSSR count). The van der Waals surface area contributed by atoms with Crippen LogP contribution < -0.4 is 0 Å². The van der Waals surface area contributed by atoms with Crippen molar-refractivity contribution in [2.45, 2.75) is 53.0 Å². The van der Waals surface area contributed by atoms with E-state index in [9.17, 15) is 0 Å². The standard InChI is InChI=1S/C12H26ClN/c1-5-11(4)10-14(9-8-13)12(6-2)7-3/h11-12H,5-10H2,1-4H3. The van der Waals surface area contributed by atoms with Crippen molar-refractivity contribution < 1.29 is 0 Å². The Morgan fingerprint density at radius 1 is 1.07 bits per heavy atom. The van der Waals surface area contributed by atoms with Crippen molar-refractivity contribution in [2.24, 2.45) is 5.92 Å². The van der Waals surface area contributed by atoms with Gasteiger partial charge >= 0.3 is 0 Å². The van der Waals surface area contributed by atoms with Crippen molar-refractivity contribution in [3.63, 3.8) is 0 Å². The van der Waals surface area contributed by atoms with Gasteiger partial charge in [-0.2, -0.15) is 0 Å². The lowest BCUT2D eigenvalue weighted by atomic mass is 10.1. The third-order valence-electron chi connectivity index (χ3n) is 3.07. The molecule has 0 amide bonds. The highest BCUT2D eigenvalue weighted by molar-refractivity contribution is 6.18. The number of nitrogens with zero attached hydrogens (tertiary/aromatic N) is 1. The van der Waals surface area contributed by atoms with Gasteiger partial charge in [-0.25, -0.2) is 0 Å². The van der Waals surface area contributed by atoms with Gasteiger partial charge in [-0.15, -0.1) is 11.6 Å². The molecular formula is C12H26ClN. The highest BCUT2D eigenvalue weighted by Crippen LogP contribution is 2.13. The maximum Gasteiger partial charge on any atom is 0.0351 e. The molecule has 0 bridgehead atoms. The van der Waals surface area contributed by atoms with Crippen molar-refractivity contribution in [3.8, 4) is 0 Å². The van der Waals surface area contributed by atoms with Crippen molar-refractivity contribution >= 4 is 11.6 Å². The van der Waals surface area contributed by atoms with Gasteiger partial charge in [-0.3, -0.25) is 4.90 Å². The molecule has 1 atom stereocenters. The molecule has 14 heavy (non-hydrogen) atoms. The first-order chi connectivity index (χ1) is 6.69. The zero-order valence-electron chi connectivity index (χ0n) is 10.2. The molecule has 1 unspecified atom stereocenters. The zero-order chi connectivity index (χ0) is 11.0. The molecule has 0 aliphatic rings. The summed E-state index contributed by atoms with van der Waals surface area (Å²) in [5.41, 5.74) is 0. The quantitative estimate of drug-likeness (QED) is 0.562. The van der Waals surface area contributed by atoms with E-state index < -0.39 is 0 Å². The first-order valence-corrected chi connectivity index (χ1v) is 6.52. The van der Waals surface area contributed by atoms with E-state index >= 15 is 0 Å². The fourth-order valence-corrected chi connectivity index (χ4v) is 2.08. The summed E-state index contributed by atoms with van der Waals surface area (Å²) in [5.74, 6) is 1.55. The molecule has 0 aromatic heterocycles. The Morgan fingerprint density at radius 3 is 2.00 bits per heavy atom. The molecule has 0 spiro atoms. The van der Waals surface area contributed by atoms with Crippen LogP contribution in [0.2, 0.25) is 0 Å². The molecular weight excluding hydrogens is 194 g/mol. The van der Waals surface area contributed by atoms with Crippen molar-refractivity contribution in [2.75, 3.05) is 19.0 Å². The van der Waals surface area contributed by atoms with Crippen LogP contribution in [0, 0.1) is 5.92 Å². The second-order valence-corrected chi connectivity index (χ2v) is 4.55. The Bertz CT molecular complexity index is 123. The highest BCUT2D eigenvalue weighted by atomic mass is 35.5. The molecule has 0 heterocycles. The fourth-order valence-electron chi connectivity index (χ4n) is 1.87. The van der Waals surface area contributed by atoms with Gasteiger partial charge in [-0.05, 0) is 18.8 Å². The predicted octanol–water partition coefficient (Wildman–Crippen LogP) is 3.76. The topological polar surface area (TPSA) is 3.24 Å². The smallest absolute Gasteiger partial charge is 0.0351 e. The molecule has 0 aliphatic heterocycles. The maximum absolute atomic E-state index is 5.84. The molecule has 0 saturated heterocycles. The van der Waals surface area contributed by atoms with E-state index in [1.54, 1.807) is 0 Å². The fraction of sp³-hybridized carbons (Fsp3) is 1.00. The van der Waals surface area contributed by atoms with E-state index in [0.29, 0.717) is 0 Å². The van der Waals surface area contributed by atoms with Gasteiger partial charge < -0.3 is 0 Å². The molecule has 0 radical (unpaired) electrons. The van der Waals surface area contributed by atoms with Gasteiger partial charge in [0.25, 0.3) is 0 Å². The number of halogens is 1. The van der Waals surface area contributed by atoms with Crippen LogP contribution in [0.15, 0.2) is 0 Å². The van der Waals surface area contributed by atoms with E-state index in [4.69, 9.17) is 11.6 Å². The summed E-state index contributed by atoms with van der Waals surface area (Å²) in [7, 11) is 0. The van der Waals surface area contributed by atoms with Crippen molar-refractivity contribution in [1.82, 2.24) is 4.90 Å².